The first-order valence-electron chi connectivity index (χ1n) is 6.58. The van der Waals surface area contributed by atoms with E-state index < -0.39 is 0 Å². The maximum absolute atomic E-state index is 11.8. The minimum atomic E-state index is 0.293. The summed E-state index contributed by atoms with van der Waals surface area (Å²) in [6.45, 7) is 6.02. The number of carbonyl (C=O) groups is 1. The number of piperidine rings is 1. The van der Waals surface area contributed by atoms with Crippen molar-refractivity contribution in [2.75, 3.05) is 20.1 Å². The van der Waals surface area contributed by atoms with E-state index in [4.69, 9.17) is 0 Å². The summed E-state index contributed by atoms with van der Waals surface area (Å²) in [6.07, 6.45) is 2.68. The summed E-state index contributed by atoms with van der Waals surface area (Å²) in [4.78, 5) is 14.0. The molecule has 0 atom stereocenters. The fourth-order valence-electron chi connectivity index (χ4n) is 2.22. The van der Waals surface area contributed by atoms with Crippen LogP contribution in [0.1, 0.15) is 37.3 Å². The van der Waals surface area contributed by atoms with Crippen LogP contribution in [0.3, 0.4) is 0 Å². The lowest BCUT2D eigenvalue weighted by atomic mass is 9.98. The molecule has 0 unspecified atom stereocenters. The van der Waals surface area contributed by atoms with Crippen LogP contribution >= 0.6 is 0 Å². The van der Waals surface area contributed by atoms with E-state index in [0.717, 1.165) is 24.2 Å². The van der Waals surface area contributed by atoms with Crippen LogP contribution in [0.15, 0.2) is 29.8 Å². The first-order chi connectivity index (χ1) is 8.56. The Kier molecular flexibility index (Phi) is 3.97. The van der Waals surface area contributed by atoms with Crippen LogP contribution in [0.4, 0.5) is 0 Å². The van der Waals surface area contributed by atoms with E-state index in [2.05, 4.69) is 50.1 Å². The summed E-state index contributed by atoms with van der Waals surface area (Å²) in [5, 5.41) is 0. The van der Waals surface area contributed by atoms with Gasteiger partial charge in [-0.3, -0.25) is 4.79 Å². The van der Waals surface area contributed by atoms with Gasteiger partial charge in [0.15, 0.2) is 5.78 Å². The second kappa shape index (κ2) is 5.49. The molecule has 0 bridgehead atoms. The van der Waals surface area contributed by atoms with Crippen molar-refractivity contribution in [1.82, 2.24) is 4.90 Å². The number of hydrogen-bond acceptors (Lipinski definition) is 2. The van der Waals surface area contributed by atoms with E-state index in [1.807, 2.05) is 6.08 Å². The number of rotatable bonds is 2. The van der Waals surface area contributed by atoms with Crippen LogP contribution in [0.2, 0.25) is 0 Å². The molecule has 2 rings (SSSR count). The Morgan fingerprint density at radius 3 is 2.50 bits per heavy atom. The van der Waals surface area contributed by atoms with Crippen LogP contribution in [-0.4, -0.2) is 30.8 Å². The molecule has 0 spiro atoms. The van der Waals surface area contributed by atoms with Gasteiger partial charge in [-0.05, 0) is 30.2 Å². The van der Waals surface area contributed by atoms with Crippen molar-refractivity contribution in [3.05, 3.63) is 41.0 Å². The zero-order chi connectivity index (χ0) is 13.1. The van der Waals surface area contributed by atoms with Gasteiger partial charge in [0.2, 0.25) is 0 Å². The normalized spacial score (nSPS) is 19.8. The summed E-state index contributed by atoms with van der Waals surface area (Å²) < 4.78 is 0. The Labute approximate surface area is 109 Å². The van der Waals surface area contributed by atoms with Gasteiger partial charge in [-0.15, -0.1) is 0 Å². The molecule has 1 saturated heterocycles. The van der Waals surface area contributed by atoms with Gasteiger partial charge in [0.1, 0.15) is 0 Å². The van der Waals surface area contributed by atoms with Crippen molar-refractivity contribution in [3.63, 3.8) is 0 Å². The van der Waals surface area contributed by atoms with E-state index in [1.54, 1.807) is 0 Å². The van der Waals surface area contributed by atoms with Gasteiger partial charge < -0.3 is 4.90 Å². The average molecular weight is 243 g/mol. The van der Waals surface area contributed by atoms with Crippen LogP contribution in [0.5, 0.6) is 0 Å². The predicted molar refractivity (Wildman–Crippen MR) is 75.6 cm³/mol. The molecule has 96 valence electrons. The van der Waals surface area contributed by atoms with Crippen LogP contribution in [0.25, 0.3) is 6.08 Å². The quantitative estimate of drug-likeness (QED) is 0.744. The number of benzene rings is 1. The van der Waals surface area contributed by atoms with Crippen LogP contribution in [-0.2, 0) is 4.79 Å². The molecule has 1 heterocycles. The molecule has 2 heteroatoms. The largest absolute Gasteiger partial charge is 0.302 e. The third-order valence-electron chi connectivity index (χ3n) is 3.46. The second-order valence-electron chi connectivity index (χ2n) is 5.40. The Balaban J connectivity index is 2.18. The summed E-state index contributed by atoms with van der Waals surface area (Å²) in [7, 11) is 2.06. The third-order valence-corrected chi connectivity index (χ3v) is 3.46. The molecular weight excluding hydrogens is 222 g/mol. The number of carbonyl (C=O) groups excluding carboxylic acids is 1. The maximum atomic E-state index is 11.8. The first-order valence-corrected chi connectivity index (χ1v) is 6.58. The summed E-state index contributed by atoms with van der Waals surface area (Å²) in [5.41, 5.74) is 3.39. The molecule has 0 amide bonds. The van der Waals surface area contributed by atoms with Crippen molar-refractivity contribution in [1.29, 1.82) is 0 Å². The Bertz CT molecular complexity index is 456. The van der Waals surface area contributed by atoms with Gasteiger partial charge in [0.05, 0.1) is 0 Å². The first kappa shape index (κ1) is 13.0. The standard InChI is InChI=1S/C16H21NO/c1-12(2)14-6-4-13(5-7-14)10-15-11-17(3)9-8-16(15)18/h4-7,10,12H,8-9,11H2,1-3H3/b15-10+. The number of likely N-dealkylation sites (tertiary alicyclic amines) is 1. The molecule has 1 fully saturated rings. The summed E-state index contributed by atoms with van der Waals surface area (Å²) in [6, 6.07) is 8.50. The Morgan fingerprint density at radius 1 is 1.22 bits per heavy atom. The van der Waals surface area contributed by atoms with Crippen molar-refractivity contribution >= 4 is 11.9 Å². The minimum absolute atomic E-state index is 0.293. The highest BCUT2D eigenvalue weighted by Crippen LogP contribution is 2.18. The summed E-state index contributed by atoms with van der Waals surface area (Å²) in [5.74, 6) is 0.843. The number of likely N-dealkylation sites (N-methyl/N-ethyl adjacent to an activating group) is 1. The van der Waals surface area contributed by atoms with Crippen LogP contribution < -0.4 is 0 Å². The molecule has 2 nitrogen and oxygen atoms in total. The third kappa shape index (κ3) is 3.08. The highest BCUT2D eigenvalue weighted by molar-refractivity contribution is 6.00. The van der Waals surface area contributed by atoms with Crippen molar-refractivity contribution in [3.8, 4) is 0 Å². The monoisotopic (exact) mass is 243 g/mol. The van der Waals surface area contributed by atoms with E-state index in [1.165, 1.54) is 5.56 Å². The Morgan fingerprint density at radius 2 is 1.89 bits per heavy atom. The van der Waals surface area contributed by atoms with E-state index in [9.17, 15) is 4.79 Å². The van der Waals surface area contributed by atoms with Crippen molar-refractivity contribution in [2.24, 2.45) is 0 Å². The zero-order valence-corrected chi connectivity index (χ0v) is 11.4. The SMILES string of the molecule is CC(C)c1ccc(/C=C2\CN(C)CCC2=O)cc1. The lowest BCUT2D eigenvalue weighted by Crippen LogP contribution is -2.32. The topological polar surface area (TPSA) is 20.3 Å². The lowest BCUT2D eigenvalue weighted by Gasteiger charge is -2.23. The Hall–Kier alpha value is -1.41. The number of Topliss-reactive ketones (excluding diaryl/α,β-unsaturated/α-hetero) is 1. The number of nitrogens with zero attached hydrogens (tertiary/aromatic N) is 1. The van der Waals surface area contributed by atoms with Gasteiger partial charge in [-0.2, -0.15) is 0 Å². The van der Waals surface area contributed by atoms with E-state index in [-0.39, 0.29) is 0 Å². The molecule has 1 aromatic rings. The maximum Gasteiger partial charge on any atom is 0.161 e. The zero-order valence-electron chi connectivity index (χ0n) is 11.4. The minimum Gasteiger partial charge on any atom is -0.302 e. The van der Waals surface area contributed by atoms with E-state index in [0.29, 0.717) is 18.1 Å². The number of hydrogen-bond donors (Lipinski definition) is 0. The summed E-state index contributed by atoms with van der Waals surface area (Å²) >= 11 is 0. The molecule has 0 aliphatic carbocycles. The molecule has 1 aromatic carbocycles. The highest BCUT2D eigenvalue weighted by atomic mass is 16.1. The van der Waals surface area contributed by atoms with Crippen molar-refractivity contribution in [2.45, 2.75) is 26.2 Å². The lowest BCUT2D eigenvalue weighted by molar-refractivity contribution is -0.117. The predicted octanol–water partition coefficient (Wildman–Crippen LogP) is 3.10. The molecule has 1 aliphatic heterocycles. The van der Waals surface area contributed by atoms with Gasteiger partial charge >= 0.3 is 0 Å². The average Bonchev–Trinajstić information content (AvgIpc) is 2.34. The van der Waals surface area contributed by atoms with Gasteiger partial charge in [0.25, 0.3) is 0 Å². The van der Waals surface area contributed by atoms with Gasteiger partial charge in [0, 0.05) is 25.1 Å². The smallest absolute Gasteiger partial charge is 0.161 e. The molecule has 1 aliphatic rings. The molecule has 0 N–H and O–H groups in total. The van der Waals surface area contributed by atoms with Crippen molar-refractivity contribution < 1.29 is 4.79 Å². The van der Waals surface area contributed by atoms with E-state index >= 15 is 0 Å². The van der Waals surface area contributed by atoms with Gasteiger partial charge in [-0.1, -0.05) is 38.1 Å². The molecule has 0 saturated carbocycles. The fraction of sp³-hybridized carbons (Fsp3) is 0.438. The fourth-order valence-corrected chi connectivity index (χ4v) is 2.22. The van der Waals surface area contributed by atoms with Crippen LogP contribution in [0, 0.1) is 0 Å². The molecular formula is C16H21NO. The van der Waals surface area contributed by atoms with Gasteiger partial charge in [-0.25, -0.2) is 0 Å². The molecule has 18 heavy (non-hydrogen) atoms. The molecule has 0 aromatic heterocycles. The molecule has 0 radical (unpaired) electrons. The number of ketones is 1. The highest BCUT2D eigenvalue weighted by Gasteiger charge is 2.18. The second-order valence-corrected chi connectivity index (χ2v) is 5.40.